The molecule has 3 aromatic rings. The first-order valence-corrected chi connectivity index (χ1v) is 7.84. The molecular formula is C19H20N4O. The topological polar surface area (TPSA) is 50.2 Å². The average Bonchev–Trinajstić information content (AvgIpc) is 3.10. The van der Waals surface area contributed by atoms with Crippen LogP contribution in [0.25, 0.3) is 5.69 Å². The summed E-state index contributed by atoms with van der Waals surface area (Å²) in [5.41, 5.74) is 3.06. The first-order valence-electron chi connectivity index (χ1n) is 7.84. The van der Waals surface area contributed by atoms with E-state index in [-0.39, 0.29) is 6.03 Å². The molecule has 2 aromatic carbocycles. The summed E-state index contributed by atoms with van der Waals surface area (Å²) in [5.74, 6) is 0. The van der Waals surface area contributed by atoms with Gasteiger partial charge in [0.05, 0.1) is 18.4 Å². The summed E-state index contributed by atoms with van der Waals surface area (Å²) in [6, 6.07) is 19.7. The number of aromatic nitrogens is 2. The second kappa shape index (κ2) is 7.46. The fourth-order valence-electron chi connectivity index (χ4n) is 2.42. The van der Waals surface area contributed by atoms with Crippen molar-refractivity contribution in [2.45, 2.75) is 13.1 Å². The predicted octanol–water partition coefficient (Wildman–Crippen LogP) is 3.21. The quantitative estimate of drug-likeness (QED) is 0.785. The number of hydrogen-bond donors (Lipinski definition) is 1. The van der Waals surface area contributed by atoms with Gasteiger partial charge in [-0.15, -0.1) is 0 Å². The zero-order valence-corrected chi connectivity index (χ0v) is 13.6. The molecule has 0 bridgehead atoms. The molecule has 122 valence electrons. The van der Waals surface area contributed by atoms with E-state index < -0.39 is 0 Å². The summed E-state index contributed by atoms with van der Waals surface area (Å²) in [6.45, 7) is 1.03. The average molecular weight is 320 g/mol. The fourth-order valence-corrected chi connectivity index (χ4v) is 2.42. The molecule has 3 rings (SSSR count). The highest BCUT2D eigenvalue weighted by Gasteiger charge is 2.10. The maximum atomic E-state index is 12.2. The lowest BCUT2D eigenvalue weighted by atomic mass is 10.2. The first kappa shape index (κ1) is 15.8. The molecule has 0 aliphatic carbocycles. The maximum Gasteiger partial charge on any atom is 0.317 e. The van der Waals surface area contributed by atoms with Gasteiger partial charge in [-0.25, -0.2) is 9.48 Å². The van der Waals surface area contributed by atoms with Crippen LogP contribution in [-0.2, 0) is 13.1 Å². The van der Waals surface area contributed by atoms with Crippen LogP contribution < -0.4 is 5.32 Å². The van der Waals surface area contributed by atoms with Crippen molar-refractivity contribution in [3.8, 4) is 5.69 Å². The first-order chi connectivity index (χ1) is 11.7. The number of amides is 2. The van der Waals surface area contributed by atoms with Crippen molar-refractivity contribution in [1.29, 1.82) is 0 Å². The molecule has 0 radical (unpaired) electrons. The second-order valence-corrected chi connectivity index (χ2v) is 5.63. The van der Waals surface area contributed by atoms with Crippen molar-refractivity contribution in [2.75, 3.05) is 7.05 Å². The number of carbonyl (C=O) groups is 1. The van der Waals surface area contributed by atoms with Gasteiger partial charge in [-0.1, -0.05) is 48.5 Å². The normalized spacial score (nSPS) is 10.4. The monoisotopic (exact) mass is 320 g/mol. The van der Waals surface area contributed by atoms with Crippen LogP contribution in [0.5, 0.6) is 0 Å². The number of para-hydroxylation sites is 1. The molecule has 0 aliphatic rings. The Bertz CT molecular complexity index is 783. The van der Waals surface area contributed by atoms with Gasteiger partial charge in [-0.05, 0) is 17.7 Å². The van der Waals surface area contributed by atoms with E-state index >= 15 is 0 Å². The number of benzene rings is 2. The minimum absolute atomic E-state index is 0.105. The highest BCUT2D eigenvalue weighted by atomic mass is 16.2. The molecule has 0 saturated carbocycles. The molecule has 5 heteroatoms. The van der Waals surface area contributed by atoms with E-state index in [4.69, 9.17) is 0 Å². The van der Waals surface area contributed by atoms with E-state index in [0.717, 1.165) is 16.8 Å². The van der Waals surface area contributed by atoms with Gasteiger partial charge < -0.3 is 10.2 Å². The third-order valence-corrected chi connectivity index (χ3v) is 3.71. The SMILES string of the molecule is CN(Cc1cnn(-c2ccccc2)c1)C(=O)NCc1ccccc1. The van der Waals surface area contributed by atoms with E-state index in [1.54, 1.807) is 18.1 Å². The van der Waals surface area contributed by atoms with Crippen LogP contribution in [0.15, 0.2) is 73.1 Å². The Hall–Kier alpha value is -3.08. The Labute approximate surface area is 141 Å². The fraction of sp³-hybridized carbons (Fsp3) is 0.158. The Morgan fingerprint density at radius 1 is 1.04 bits per heavy atom. The van der Waals surface area contributed by atoms with Gasteiger partial charge in [-0.2, -0.15) is 5.10 Å². The van der Waals surface area contributed by atoms with E-state index in [0.29, 0.717) is 13.1 Å². The van der Waals surface area contributed by atoms with Crippen LogP contribution in [0.1, 0.15) is 11.1 Å². The highest BCUT2D eigenvalue weighted by Crippen LogP contribution is 2.09. The zero-order valence-electron chi connectivity index (χ0n) is 13.6. The maximum absolute atomic E-state index is 12.2. The minimum Gasteiger partial charge on any atom is -0.334 e. The van der Waals surface area contributed by atoms with Crippen LogP contribution in [0, 0.1) is 0 Å². The molecule has 5 nitrogen and oxygen atoms in total. The van der Waals surface area contributed by atoms with Crippen LogP contribution >= 0.6 is 0 Å². The lowest BCUT2D eigenvalue weighted by Crippen LogP contribution is -2.36. The smallest absolute Gasteiger partial charge is 0.317 e. The second-order valence-electron chi connectivity index (χ2n) is 5.63. The summed E-state index contributed by atoms with van der Waals surface area (Å²) in [5, 5.41) is 7.27. The number of nitrogens with zero attached hydrogens (tertiary/aromatic N) is 3. The molecule has 2 amide bonds. The molecule has 24 heavy (non-hydrogen) atoms. The Kier molecular flexibility index (Phi) is 4.91. The van der Waals surface area contributed by atoms with Crippen molar-refractivity contribution in [3.05, 3.63) is 84.2 Å². The molecular weight excluding hydrogens is 300 g/mol. The van der Waals surface area contributed by atoms with Gasteiger partial charge in [0.1, 0.15) is 0 Å². The number of urea groups is 1. The molecule has 1 aromatic heterocycles. The number of rotatable bonds is 5. The van der Waals surface area contributed by atoms with E-state index in [9.17, 15) is 4.79 Å². The summed E-state index contributed by atoms with van der Waals surface area (Å²) < 4.78 is 1.81. The standard InChI is InChI=1S/C19H20N4O/c1-22(19(24)20-12-16-8-4-2-5-9-16)14-17-13-21-23(15-17)18-10-6-3-7-11-18/h2-11,13,15H,12,14H2,1H3,(H,20,24). The Balaban J connectivity index is 1.55. The lowest BCUT2D eigenvalue weighted by molar-refractivity contribution is 0.206. The van der Waals surface area contributed by atoms with Crippen molar-refractivity contribution in [3.63, 3.8) is 0 Å². The van der Waals surface area contributed by atoms with Crippen LogP contribution in [0.2, 0.25) is 0 Å². The van der Waals surface area contributed by atoms with Crippen molar-refractivity contribution >= 4 is 6.03 Å². The molecule has 0 aliphatic heterocycles. The molecule has 1 N–H and O–H groups in total. The zero-order chi connectivity index (χ0) is 16.8. The van der Waals surface area contributed by atoms with Gasteiger partial charge in [-0.3, -0.25) is 0 Å². The highest BCUT2D eigenvalue weighted by molar-refractivity contribution is 5.73. The number of hydrogen-bond acceptors (Lipinski definition) is 2. The number of carbonyl (C=O) groups excluding carboxylic acids is 1. The molecule has 0 atom stereocenters. The van der Waals surface area contributed by atoms with E-state index in [1.807, 2.05) is 71.5 Å². The summed E-state index contributed by atoms with van der Waals surface area (Å²) >= 11 is 0. The van der Waals surface area contributed by atoms with Gasteiger partial charge in [0.25, 0.3) is 0 Å². The van der Waals surface area contributed by atoms with Crippen molar-refractivity contribution in [1.82, 2.24) is 20.0 Å². The third kappa shape index (κ3) is 4.01. The lowest BCUT2D eigenvalue weighted by Gasteiger charge is -2.17. The van der Waals surface area contributed by atoms with Gasteiger partial charge >= 0.3 is 6.03 Å². The van der Waals surface area contributed by atoms with Crippen molar-refractivity contribution < 1.29 is 4.79 Å². The molecule has 0 unspecified atom stereocenters. The Morgan fingerprint density at radius 2 is 1.71 bits per heavy atom. The minimum atomic E-state index is -0.105. The summed E-state index contributed by atoms with van der Waals surface area (Å²) in [4.78, 5) is 13.8. The summed E-state index contributed by atoms with van der Waals surface area (Å²) in [6.07, 6.45) is 3.73. The van der Waals surface area contributed by atoms with Crippen LogP contribution in [0.4, 0.5) is 4.79 Å². The van der Waals surface area contributed by atoms with E-state index in [2.05, 4.69) is 10.4 Å². The molecule has 0 fully saturated rings. The van der Waals surface area contributed by atoms with Crippen LogP contribution in [0.3, 0.4) is 0 Å². The third-order valence-electron chi connectivity index (χ3n) is 3.71. The number of nitrogens with one attached hydrogen (secondary N) is 1. The molecule has 0 spiro atoms. The summed E-state index contributed by atoms with van der Waals surface area (Å²) in [7, 11) is 1.78. The Morgan fingerprint density at radius 3 is 2.42 bits per heavy atom. The molecule has 1 heterocycles. The van der Waals surface area contributed by atoms with Crippen molar-refractivity contribution in [2.24, 2.45) is 0 Å². The predicted molar refractivity (Wildman–Crippen MR) is 93.7 cm³/mol. The van der Waals surface area contributed by atoms with Gasteiger partial charge in [0.2, 0.25) is 0 Å². The largest absolute Gasteiger partial charge is 0.334 e. The van der Waals surface area contributed by atoms with Gasteiger partial charge in [0.15, 0.2) is 0 Å². The van der Waals surface area contributed by atoms with E-state index in [1.165, 1.54) is 0 Å². The van der Waals surface area contributed by atoms with Crippen LogP contribution in [-0.4, -0.2) is 27.8 Å². The van der Waals surface area contributed by atoms with Gasteiger partial charge in [0, 0.05) is 25.4 Å². The molecule has 0 saturated heterocycles.